The molecule has 1 saturated carbocycles. The average molecular weight is 541 g/mol. The first-order chi connectivity index (χ1) is 17.4. The molecule has 0 amide bonds. The molecule has 182 valence electrons. The normalized spacial score (nSPS) is 13.3. The fourth-order valence-corrected chi connectivity index (χ4v) is 4.67. The van der Waals surface area contributed by atoms with Gasteiger partial charge in [-0.05, 0) is 66.4 Å². The van der Waals surface area contributed by atoms with E-state index in [1.54, 1.807) is 48.5 Å². The molecule has 5 rings (SSSR count). The Morgan fingerprint density at radius 2 is 1.72 bits per heavy atom. The largest absolute Gasteiger partial charge is 0.489 e. The third kappa shape index (κ3) is 5.29. The number of halogens is 3. The van der Waals surface area contributed by atoms with Gasteiger partial charge in [-0.25, -0.2) is 4.79 Å². The summed E-state index contributed by atoms with van der Waals surface area (Å²) < 4.78 is 11.8. The molecule has 36 heavy (non-hydrogen) atoms. The van der Waals surface area contributed by atoms with Crippen LogP contribution in [-0.2, 0) is 6.61 Å². The zero-order valence-corrected chi connectivity index (χ0v) is 21.1. The standard InChI is InChI=1S/C28H20Cl3NO4/c29-22-2-1-3-23(30)25(22)26-21(27(36-32-26)18-10-11-18)15-35-20-13-12-17(24(31)14-20)7-4-16-5-8-19(9-6-16)28(33)34/h1-9,12-14,18H,10-11,15H2,(H,33,34)/b7-4+. The van der Waals surface area contributed by atoms with Crippen LogP contribution in [0.4, 0.5) is 0 Å². The molecule has 1 aliphatic carbocycles. The highest BCUT2D eigenvalue weighted by molar-refractivity contribution is 6.39. The number of rotatable bonds is 8. The summed E-state index contributed by atoms with van der Waals surface area (Å²) >= 11 is 19.4. The molecule has 0 radical (unpaired) electrons. The summed E-state index contributed by atoms with van der Waals surface area (Å²) in [5, 5.41) is 14.8. The lowest BCUT2D eigenvalue weighted by Crippen LogP contribution is -2.00. The van der Waals surface area contributed by atoms with Gasteiger partial charge < -0.3 is 14.4 Å². The SMILES string of the molecule is O=C(O)c1ccc(/C=C/c2ccc(OCc3c(-c4c(Cl)cccc4Cl)noc3C3CC3)cc2Cl)cc1. The van der Waals surface area contributed by atoms with Crippen molar-refractivity contribution in [2.45, 2.75) is 25.4 Å². The van der Waals surface area contributed by atoms with Gasteiger partial charge in [0, 0.05) is 11.5 Å². The molecule has 1 aliphatic rings. The van der Waals surface area contributed by atoms with E-state index in [1.807, 2.05) is 24.3 Å². The molecule has 0 aliphatic heterocycles. The van der Waals surface area contributed by atoms with Gasteiger partial charge in [0.2, 0.25) is 0 Å². The highest BCUT2D eigenvalue weighted by atomic mass is 35.5. The third-order valence-electron chi connectivity index (χ3n) is 5.93. The Labute approximate surface area is 222 Å². The maximum atomic E-state index is 11.0. The summed E-state index contributed by atoms with van der Waals surface area (Å²) in [6.07, 6.45) is 5.82. The Kier molecular flexibility index (Phi) is 7.06. The molecule has 1 N–H and O–H groups in total. The minimum absolute atomic E-state index is 0.230. The predicted octanol–water partition coefficient (Wildman–Crippen LogP) is 8.63. The van der Waals surface area contributed by atoms with E-state index in [0.717, 1.165) is 35.3 Å². The van der Waals surface area contributed by atoms with Crippen LogP contribution in [-0.4, -0.2) is 16.2 Å². The number of carbonyl (C=O) groups is 1. The van der Waals surface area contributed by atoms with E-state index in [4.69, 9.17) is 49.2 Å². The van der Waals surface area contributed by atoms with E-state index in [1.165, 1.54) is 0 Å². The smallest absolute Gasteiger partial charge is 0.335 e. The number of ether oxygens (including phenoxy) is 1. The molecule has 0 saturated heterocycles. The number of nitrogens with zero attached hydrogens (tertiary/aromatic N) is 1. The lowest BCUT2D eigenvalue weighted by Gasteiger charge is -2.10. The van der Waals surface area contributed by atoms with Crippen molar-refractivity contribution in [1.29, 1.82) is 0 Å². The molecular weight excluding hydrogens is 521 g/mol. The van der Waals surface area contributed by atoms with E-state index in [9.17, 15) is 4.79 Å². The second kappa shape index (κ2) is 10.4. The van der Waals surface area contributed by atoms with Crippen LogP contribution in [0.5, 0.6) is 5.75 Å². The first kappa shape index (κ1) is 24.4. The van der Waals surface area contributed by atoms with Crippen molar-refractivity contribution in [2.75, 3.05) is 0 Å². The summed E-state index contributed by atoms with van der Waals surface area (Å²) in [7, 11) is 0. The Hall–Kier alpha value is -3.25. The quantitative estimate of drug-likeness (QED) is 0.226. The highest BCUT2D eigenvalue weighted by Crippen LogP contribution is 2.46. The minimum Gasteiger partial charge on any atom is -0.489 e. The van der Waals surface area contributed by atoms with Gasteiger partial charge in [0.05, 0.1) is 26.2 Å². The van der Waals surface area contributed by atoms with E-state index in [2.05, 4.69) is 5.16 Å². The van der Waals surface area contributed by atoms with Crippen LogP contribution < -0.4 is 4.74 Å². The minimum atomic E-state index is -0.957. The number of aromatic nitrogens is 1. The van der Waals surface area contributed by atoms with Crippen molar-refractivity contribution in [3.8, 4) is 17.0 Å². The molecule has 1 fully saturated rings. The van der Waals surface area contributed by atoms with E-state index in [-0.39, 0.29) is 12.2 Å². The predicted molar refractivity (Wildman–Crippen MR) is 142 cm³/mol. The Balaban J connectivity index is 1.34. The second-order valence-corrected chi connectivity index (χ2v) is 9.70. The van der Waals surface area contributed by atoms with Crippen LogP contribution in [0.2, 0.25) is 15.1 Å². The van der Waals surface area contributed by atoms with Gasteiger partial charge in [0.25, 0.3) is 0 Å². The molecule has 8 heteroatoms. The summed E-state index contributed by atoms with van der Waals surface area (Å²) in [6, 6.07) is 17.4. The molecular formula is C28H20Cl3NO4. The van der Waals surface area contributed by atoms with Crippen LogP contribution >= 0.6 is 34.8 Å². The Morgan fingerprint density at radius 3 is 2.36 bits per heavy atom. The summed E-state index contributed by atoms with van der Waals surface area (Å²) in [5.41, 5.74) is 3.96. The monoisotopic (exact) mass is 539 g/mol. The summed E-state index contributed by atoms with van der Waals surface area (Å²) in [5.74, 6) is 0.774. The van der Waals surface area contributed by atoms with Gasteiger partial charge >= 0.3 is 5.97 Å². The number of aromatic carboxylic acids is 1. The molecule has 1 aromatic heterocycles. The molecule has 0 atom stereocenters. The van der Waals surface area contributed by atoms with Gasteiger partial charge in [-0.15, -0.1) is 0 Å². The highest BCUT2D eigenvalue weighted by Gasteiger charge is 2.33. The van der Waals surface area contributed by atoms with Gasteiger partial charge in [-0.2, -0.15) is 0 Å². The molecule has 3 aromatic carbocycles. The second-order valence-electron chi connectivity index (χ2n) is 8.48. The van der Waals surface area contributed by atoms with Gasteiger partial charge in [-0.1, -0.05) is 70.3 Å². The van der Waals surface area contributed by atoms with E-state index >= 15 is 0 Å². The molecule has 0 unspecified atom stereocenters. The van der Waals surface area contributed by atoms with Gasteiger partial charge in [-0.3, -0.25) is 0 Å². The summed E-state index contributed by atoms with van der Waals surface area (Å²) in [4.78, 5) is 11.0. The number of benzene rings is 3. The number of hydrogen-bond acceptors (Lipinski definition) is 4. The van der Waals surface area contributed by atoms with Crippen molar-refractivity contribution in [3.05, 3.63) is 104 Å². The zero-order valence-electron chi connectivity index (χ0n) is 18.9. The first-order valence-electron chi connectivity index (χ1n) is 11.3. The van der Waals surface area contributed by atoms with Crippen molar-refractivity contribution >= 4 is 52.9 Å². The lowest BCUT2D eigenvalue weighted by atomic mass is 10.0. The van der Waals surface area contributed by atoms with Crippen molar-refractivity contribution < 1.29 is 19.2 Å². The van der Waals surface area contributed by atoms with Crippen molar-refractivity contribution in [3.63, 3.8) is 0 Å². The van der Waals surface area contributed by atoms with E-state index in [0.29, 0.717) is 38.0 Å². The first-order valence-corrected chi connectivity index (χ1v) is 12.4. The average Bonchev–Trinajstić information content (AvgIpc) is 3.62. The van der Waals surface area contributed by atoms with Crippen LogP contribution in [0.3, 0.4) is 0 Å². The van der Waals surface area contributed by atoms with Crippen molar-refractivity contribution in [2.24, 2.45) is 0 Å². The van der Waals surface area contributed by atoms with Gasteiger partial charge in [0.1, 0.15) is 23.8 Å². The molecule has 1 heterocycles. The number of carboxylic acids is 1. The van der Waals surface area contributed by atoms with Crippen LogP contribution in [0.1, 0.15) is 51.6 Å². The van der Waals surface area contributed by atoms with Gasteiger partial charge in [0.15, 0.2) is 0 Å². The molecule has 0 bridgehead atoms. The molecule has 5 nitrogen and oxygen atoms in total. The Morgan fingerprint density at radius 1 is 1.00 bits per heavy atom. The van der Waals surface area contributed by atoms with E-state index < -0.39 is 5.97 Å². The molecule has 4 aromatic rings. The fourth-order valence-electron chi connectivity index (χ4n) is 3.86. The maximum Gasteiger partial charge on any atom is 0.335 e. The van der Waals surface area contributed by atoms with Crippen LogP contribution in [0.15, 0.2) is 65.2 Å². The fraction of sp³-hybridized carbons (Fsp3) is 0.143. The number of carboxylic acid groups (broad SMARTS) is 1. The summed E-state index contributed by atoms with van der Waals surface area (Å²) in [6.45, 7) is 0.230. The topological polar surface area (TPSA) is 72.6 Å². The molecule has 0 spiro atoms. The van der Waals surface area contributed by atoms with Crippen LogP contribution in [0, 0.1) is 0 Å². The zero-order chi connectivity index (χ0) is 25.2. The maximum absolute atomic E-state index is 11.0. The van der Waals surface area contributed by atoms with Crippen molar-refractivity contribution in [1.82, 2.24) is 5.16 Å². The Bertz CT molecular complexity index is 1440. The lowest BCUT2D eigenvalue weighted by molar-refractivity contribution is 0.0697. The van der Waals surface area contributed by atoms with Crippen LogP contribution in [0.25, 0.3) is 23.4 Å². The number of hydrogen-bond donors (Lipinski definition) is 1. The third-order valence-corrected chi connectivity index (χ3v) is 6.89.